The third-order valence-electron chi connectivity index (χ3n) is 1.60. The van der Waals surface area contributed by atoms with E-state index in [4.69, 9.17) is 5.84 Å². The minimum atomic E-state index is 0.876. The molecule has 0 aliphatic rings. The van der Waals surface area contributed by atoms with E-state index in [0.29, 0.717) is 0 Å². The Hall–Kier alpha value is -1.31. The molecular weight excluding hydrogens is 136 g/mol. The van der Waals surface area contributed by atoms with Crippen LogP contribution >= 0.6 is 0 Å². The van der Waals surface area contributed by atoms with Crippen LogP contribution in [0.1, 0.15) is 18.9 Å². The maximum absolute atomic E-state index is 5.20. The molecule has 0 saturated heterocycles. The van der Waals surface area contributed by atoms with Gasteiger partial charge in [0, 0.05) is 0 Å². The molecule has 58 valence electrons. The summed E-state index contributed by atoms with van der Waals surface area (Å²) in [4.78, 5) is 0. The minimum Gasteiger partial charge on any atom is -0.323 e. The molecule has 0 atom stereocenters. The fraction of sp³-hybridized carbons (Fsp3) is 0.222. The van der Waals surface area contributed by atoms with Crippen LogP contribution in [0.3, 0.4) is 0 Å². The summed E-state index contributed by atoms with van der Waals surface area (Å²) in [5, 5.41) is 3.69. The number of hydrazone groups is 1. The Morgan fingerprint density at radius 1 is 1.36 bits per heavy atom. The van der Waals surface area contributed by atoms with E-state index in [1.165, 1.54) is 0 Å². The monoisotopic (exact) mass is 148 g/mol. The van der Waals surface area contributed by atoms with Gasteiger partial charge in [0.25, 0.3) is 0 Å². The predicted molar refractivity (Wildman–Crippen MR) is 47.5 cm³/mol. The van der Waals surface area contributed by atoms with E-state index >= 15 is 0 Å². The third kappa shape index (κ3) is 1.80. The van der Waals surface area contributed by atoms with Crippen LogP contribution in [0.5, 0.6) is 0 Å². The molecule has 1 rings (SSSR count). The van der Waals surface area contributed by atoms with Gasteiger partial charge in [-0.15, -0.1) is 0 Å². The van der Waals surface area contributed by atoms with Gasteiger partial charge in [-0.1, -0.05) is 37.3 Å². The number of benzene rings is 1. The number of hydrogen-bond donors (Lipinski definition) is 1. The van der Waals surface area contributed by atoms with E-state index in [0.717, 1.165) is 17.7 Å². The van der Waals surface area contributed by atoms with Gasteiger partial charge in [-0.3, -0.25) is 0 Å². The number of nitrogens with two attached hydrogens (primary N) is 1. The van der Waals surface area contributed by atoms with E-state index in [9.17, 15) is 0 Å². The average Bonchev–Trinajstić information content (AvgIpc) is 2.09. The summed E-state index contributed by atoms with van der Waals surface area (Å²) in [5.41, 5.74) is 2.06. The van der Waals surface area contributed by atoms with Crippen molar-refractivity contribution in [2.45, 2.75) is 13.3 Å². The highest BCUT2D eigenvalue weighted by molar-refractivity contribution is 6.00. The molecule has 11 heavy (non-hydrogen) atoms. The van der Waals surface area contributed by atoms with Crippen LogP contribution in [0.2, 0.25) is 0 Å². The highest BCUT2D eigenvalue weighted by Crippen LogP contribution is 2.02. The summed E-state index contributed by atoms with van der Waals surface area (Å²) in [5.74, 6) is 5.20. The number of rotatable bonds is 2. The zero-order chi connectivity index (χ0) is 8.10. The summed E-state index contributed by atoms with van der Waals surface area (Å²) < 4.78 is 0. The molecule has 0 aliphatic carbocycles. The first kappa shape index (κ1) is 7.79. The SMILES string of the molecule is CC/C(=N\N)c1ccccc1. The van der Waals surface area contributed by atoms with Gasteiger partial charge in [0.15, 0.2) is 0 Å². The fourth-order valence-electron chi connectivity index (χ4n) is 1.00. The van der Waals surface area contributed by atoms with Gasteiger partial charge in [0.1, 0.15) is 0 Å². The largest absolute Gasteiger partial charge is 0.323 e. The van der Waals surface area contributed by atoms with Crippen molar-refractivity contribution in [3.8, 4) is 0 Å². The molecule has 2 N–H and O–H groups in total. The highest BCUT2D eigenvalue weighted by Gasteiger charge is 1.96. The molecule has 0 spiro atoms. The molecule has 0 unspecified atom stereocenters. The van der Waals surface area contributed by atoms with E-state index in [2.05, 4.69) is 5.10 Å². The number of hydrogen-bond acceptors (Lipinski definition) is 2. The van der Waals surface area contributed by atoms with Crippen molar-refractivity contribution >= 4 is 5.71 Å². The molecule has 0 aromatic heterocycles. The smallest absolute Gasteiger partial charge is 0.0669 e. The second-order valence-corrected chi connectivity index (χ2v) is 2.30. The lowest BCUT2D eigenvalue weighted by Gasteiger charge is -1.99. The Morgan fingerprint density at radius 2 is 2.00 bits per heavy atom. The lowest BCUT2D eigenvalue weighted by molar-refractivity contribution is 1.17. The molecule has 0 amide bonds. The minimum absolute atomic E-state index is 0.876. The summed E-state index contributed by atoms with van der Waals surface area (Å²) in [6.45, 7) is 2.04. The second-order valence-electron chi connectivity index (χ2n) is 2.30. The quantitative estimate of drug-likeness (QED) is 0.387. The van der Waals surface area contributed by atoms with Gasteiger partial charge in [-0.05, 0) is 12.0 Å². The Kier molecular flexibility index (Phi) is 2.66. The highest BCUT2D eigenvalue weighted by atomic mass is 15.1. The first-order valence-corrected chi connectivity index (χ1v) is 3.70. The van der Waals surface area contributed by atoms with Crippen LogP contribution in [0.15, 0.2) is 35.4 Å². The van der Waals surface area contributed by atoms with E-state index in [1.54, 1.807) is 0 Å². The maximum Gasteiger partial charge on any atom is 0.0669 e. The van der Waals surface area contributed by atoms with Gasteiger partial charge < -0.3 is 5.84 Å². The van der Waals surface area contributed by atoms with Gasteiger partial charge in [-0.25, -0.2) is 0 Å². The Morgan fingerprint density at radius 3 is 2.45 bits per heavy atom. The molecule has 2 heteroatoms. The Balaban J connectivity index is 2.92. The van der Waals surface area contributed by atoms with Crippen LogP contribution in [0.25, 0.3) is 0 Å². The van der Waals surface area contributed by atoms with Crippen LogP contribution in [-0.2, 0) is 0 Å². The van der Waals surface area contributed by atoms with E-state index in [1.807, 2.05) is 37.3 Å². The topological polar surface area (TPSA) is 38.4 Å². The Labute approximate surface area is 66.7 Å². The maximum atomic E-state index is 5.20. The van der Waals surface area contributed by atoms with Gasteiger partial charge in [-0.2, -0.15) is 5.10 Å². The first-order chi connectivity index (χ1) is 5.38. The van der Waals surface area contributed by atoms with E-state index in [-0.39, 0.29) is 0 Å². The third-order valence-corrected chi connectivity index (χ3v) is 1.60. The van der Waals surface area contributed by atoms with Crippen molar-refractivity contribution in [1.82, 2.24) is 0 Å². The zero-order valence-electron chi connectivity index (χ0n) is 6.62. The van der Waals surface area contributed by atoms with Crippen molar-refractivity contribution in [2.75, 3.05) is 0 Å². The molecule has 1 aromatic rings. The van der Waals surface area contributed by atoms with Crippen LogP contribution in [0.4, 0.5) is 0 Å². The molecule has 2 nitrogen and oxygen atoms in total. The first-order valence-electron chi connectivity index (χ1n) is 3.70. The Bertz CT molecular complexity index is 239. The number of nitrogens with zero attached hydrogens (tertiary/aromatic N) is 1. The second kappa shape index (κ2) is 3.76. The molecule has 0 fully saturated rings. The molecule has 0 aliphatic heterocycles. The van der Waals surface area contributed by atoms with Crippen molar-refractivity contribution in [1.29, 1.82) is 0 Å². The zero-order valence-corrected chi connectivity index (χ0v) is 6.62. The van der Waals surface area contributed by atoms with E-state index < -0.39 is 0 Å². The molecular formula is C9H12N2. The van der Waals surface area contributed by atoms with Crippen molar-refractivity contribution in [2.24, 2.45) is 10.9 Å². The van der Waals surface area contributed by atoms with Crippen LogP contribution < -0.4 is 5.84 Å². The summed E-state index contributed by atoms with van der Waals surface area (Å²) in [6.07, 6.45) is 0.876. The summed E-state index contributed by atoms with van der Waals surface area (Å²) in [7, 11) is 0. The standard InChI is InChI=1S/C9H12N2/c1-2-9(11-10)8-6-4-3-5-7-8/h3-7H,2,10H2,1H3/b11-9+. The molecule has 0 bridgehead atoms. The lowest BCUT2D eigenvalue weighted by atomic mass is 10.1. The van der Waals surface area contributed by atoms with Crippen LogP contribution in [0, 0.1) is 0 Å². The molecule has 1 aromatic carbocycles. The van der Waals surface area contributed by atoms with Gasteiger partial charge in [0.2, 0.25) is 0 Å². The van der Waals surface area contributed by atoms with Crippen molar-refractivity contribution in [3.05, 3.63) is 35.9 Å². The predicted octanol–water partition coefficient (Wildman–Crippen LogP) is 1.76. The normalized spacial score (nSPS) is 11.5. The molecule has 0 saturated carbocycles. The fourth-order valence-corrected chi connectivity index (χ4v) is 1.00. The summed E-state index contributed by atoms with van der Waals surface area (Å²) in [6, 6.07) is 9.96. The van der Waals surface area contributed by atoms with Gasteiger partial charge in [0.05, 0.1) is 5.71 Å². The molecule has 0 heterocycles. The average molecular weight is 148 g/mol. The van der Waals surface area contributed by atoms with Gasteiger partial charge >= 0.3 is 0 Å². The van der Waals surface area contributed by atoms with Crippen molar-refractivity contribution in [3.63, 3.8) is 0 Å². The molecule has 0 radical (unpaired) electrons. The summed E-state index contributed by atoms with van der Waals surface area (Å²) >= 11 is 0. The van der Waals surface area contributed by atoms with Crippen LogP contribution in [-0.4, -0.2) is 5.71 Å². The lowest BCUT2D eigenvalue weighted by Crippen LogP contribution is -2.01. The van der Waals surface area contributed by atoms with Crippen molar-refractivity contribution < 1.29 is 0 Å².